The minimum absolute atomic E-state index is 0.338. The lowest BCUT2D eigenvalue weighted by molar-refractivity contribution is 0.414. The first-order chi connectivity index (χ1) is 7.63. The van der Waals surface area contributed by atoms with Crippen LogP contribution in [0.25, 0.3) is 11.3 Å². The third-order valence-electron chi connectivity index (χ3n) is 2.39. The van der Waals surface area contributed by atoms with Crippen molar-refractivity contribution in [3.8, 4) is 17.0 Å². The normalized spacial score (nSPS) is 10.4. The predicted octanol–water partition coefficient (Wildman–Crippen LogP) is 3.00. The highest BCUT2D eigenvalue weighted by molar-refractivity contribution is 9.10. The lowest BCUT2D eigenvalue weighted by atomic mass is 10.1. The number of benzene rings is 1. The van der Waals surface area contributed by atoms with Crippen molar-refractivity contribution in [2.45, 2.75) is 6.92 Å². The number of nitrogen functional groups attached to an aromatic ring is 1. The fraction of sp³-hybridized carbons (Fsp3) is 0.182. The molecule has 0 saturated heterocycles. The highest BCUT2D eigenvalue weighted by Gasteiger charge is 2.14. The van der Waals surface area contributed by atoms with Crippen LogP contribution in [0.5, 0.6) is 5.75 Å². The highest BCUT2D eigenvalue weighted by atomic mass is 79.9. The Morgan fingerprint density at radius 3 is 2.75 bits per heavy atom. The molecular formula is C11H11BrN2O2. The van der Waals surface area contributed by atoms with E-state index in [2.05, 4.69) is 21.1 Å². The topological polar surface area (TPSA) is 61.3 Å². The highest BCUT2D eigenvalue weighted by Crippen LogP contribution is 2.34. The number of nitrogens with zero attached hydrogens (tertiary/aromatic N) is 1. The molecule has 0 radical (unpaired) electrons. The molecule has 0 aliphatic carbocycles. The monoisotopic (exact) mass is 282 g/mol. The summed E-state index contributed by atoms with van der Waals surface area (Å²) >= 11 is 3.46. The molecule has 0 fully saturated rings. The first kappa shape index (κ1) is 11.0. The van der Waals surface area contributed by atoms with E-state index in [4.69, 9.17) is 15.0 Å². The predicted molar refractivity (Wildman–Crippen MR) is 65.3 cm³/mol. The summed E-state index contributed by atoms with van der Waals surface area (Å²) in [4.78, 5) is 0. The standard InChI is InChI=1S/C11H11BrN2O2/c1-6-10(14-16-11(6)13)8-5-7(15-2)3-4-9(8)12/h3-5H,13H2,1-2H3. The summed E-state index contributed by atoms with van der Waals surface area (Å²) in [5, 5.41) is 3.94. The van der Waals surface area contributed by atoms with Gasteiger partial charge in [-0.2, -0.15) is 0 Å². The smallest absolute Gasteiger partial charge is 0.225 e. The summed E-state index contributed by atoms with van der Waals surface area (Å²) in [7, 11) is 1.62. The van der Waals surface area contributed by atoms with E-state index in [-0.39, 0.29) is 0 Å². The van der Waals surface area contributed by atoms with Crippen molar-refractivity contribution >= 4 is 21.8 Å². The molecule has 0 atom stereocenters. The number of rotatable bonds is 2. The molecule has 0 bridgehead atoms. The SMILES string of the molecule is COc1ccc(Br)c(-c2noc(N)c2C)c1. The minimum atomic E-state index is 0.338. The van der Waals surface area contributed by atoms with Crippen molar-refractivity contribution in [1.82, 2.24) is 5.16 Å². The van der Waals surface area contributed by atoms with E-state index < -0.39 is 0 Å². The molecule has 84 valence electrons. The van der Waals surface area contributed by atoms with Gasteiger partial charge in [0.15, 0.2) is 0 Å². The number of hydrogen-bond donors (Lipinski definition) is 1. The zero-order valence-corrected chi connectivity index (χ0v) is 10.5. The van der Waals surface area contributed by atoms with Crippen LogP contribution in [-0.4, -0.2) is 12.3 Å². The molecule has 1 aromatic heterocycles. The molecule has 2 rings (SSSR count). The van der Waals surface area contributed by atoms with Crippen LogP contribution in [0.4, 0.5) is 5.88 Å². The summed E-state index contributed by atoms with van der Waals surface area (Å²) in [6, 6.07) is 5.65. The van der Waals surface area contributed by atoms with E-state index in [1.54, 1.807) is 7.11 Å². The number of nitrogens with two attached hydrogens (primary N) is 1. The van der Waals surface area contributed by atoms with Gasteiger partial charge < -0.3 is 15.0 Å². The zero-order chi connectivity index (χ0) is 11.7. The second-order valence-corrected chi connectivity index (χ2v) is 4.22. The number of aromatic nitrogens is 1. The summed E-state index contributed by atoms with van der Waals surface area (Å²) in [6.45, 7) is 1.87. The quantitative estimate of drug-likeness (QED) is 0.920. The van der Waals surface area contributed by atoms with Crippen LogP contribution in [0.1, 0.15) is 5.56 Å². The zero-order valence-electron chi connectivity index (χ0n) is 8.95. The first-order valence-electron chi connectivity index (χ1n) is 4.69. The third kappa shape index (κ3) is 1.78. The fourth-order valence-corrected chi connectivity index (χ4v) is 1.85. The van der Waals surface area contributed by atoms with Crippen molar-refractivity contribution in [2.75, 3.05) is 12.8 Å². The Morgan fingerprint density at radius 2 is 2.19 bits per heavy atom. The number of ether oxygens (including phenoxy) is 1. The lowest BCUT2D eigenvalue weighted by Crippen LogP contribution is -1.88. The molecule has 1 aromatic carbocycles. The second-order valence-electron chi connectivity index (χ2n) is 3.37. The van der Waals surface area contributed by atoms with Gasteiger partial charge in [-0.15, -0.1) is 0 Å². The second kappa shape index (κ2) is 4.17. The summed E-state index contributed by atoms with van der Waals surface area (Å²) < 4.78 is 11.0. The Labute approximate surface area is 102 Å². The number of hydrogen-bond acceptors (Lipinski definition) is 4. The summed E-state index contributed by atoms with van der Waals surface area (Å²) in [6.07, 6.45) is 0. The van der Waals surface area contributed by atoms with Gasteiger partial charge in [0.05, 0.1) is 7.11 Å². The van der Waals surface area contributed by atoms with Crippen molar-refractivity contribution in [3.63, 3.8) is 0 Å². The molecule has 0 unspecified atom stereocenters. The van der Waals surface area contributed by atoms with E-state index in [0.717, 1.165) is 27.0 Å². The van der Waals surface area contributed by atoms with Crippen molar-refractivity contribution in [3.05, 3.63) is 28.2 Å². The molecule has 2 N–H and O–H groups in total. The number of methoxy groups -OCH3 is 1. The van der Waals surface area contributed by atoms with Gasteiger partial charge in [0.1, 0.15) is 11.4 Å². The van der Waals surface area contributed by atoms with Crippen molar-refractivity contribution < 1.29 is 9.26 Å². The molecule has 0 aliphatic rings. The van der Waals surface area contributed by atoms with E-state index in [9.17, 15) is 0 Å². The Balaban J connectivity index is 2.59. The van der Waals surface area contributed by atoms with Crippen LogP contribution in [0.15, 0.2) is 27.2 Å². The van der Waals surface area contributed by atoms with E-state index >= 15 is 0 Å². The molecule has 0 spiro atoms. The van der Waals surface area contributed by atoms with Gasteiger partial charge in [-0.1, -0.05) is 21.1 Å². The van der Waals surface area contributed by atoms with E-state index in [1.165, 1.54) is 0 Å². The fourth-order valence-electron chi connectivity index (χ4n) is 1.41. The van der Waals surface area contributed by atoms with Crippen LogP contribution in [-0.2, 0) is 0 Å². The van der Waals surface area contributed by atoms with Crippen LogP contribution >= 0.6 is 15.9 Å². The van der Waals surface area contributed by atoms with Crippen LogP contribution in [0.3, 0.4) is 0 Å². The van der Waals surface area contributed by atoms with Gasteiger partial charge in [0.2, 0.25) is 5.88 Å². The van der Waals surface area contributed by atoms with Gasteiger partial charge in [0, 0.05) is 15.6 Å². The Morgan fingerprint density at radius 1 is 1.44 bits per heavy atom. The molecule has 1 heterocycles. The van der Waals surface area contributed by atoms with Gasteiger partial charge in [-0.25, -0.2) is 0 Å². The average molecular weight is 283 g/mol. The molecule has 2 aromatic rings. The Bertz CT molecular complexity index is 523. The molecular weight excluding hydrogens is 272 g/mol. The third-order valence-corrected chi connectivity index (χ3v) is 3.08. The number of anilines is 1. The summed E-state index contributed by atoms with van der Waals surface area (Å²) in [5.41, 5.74) is 8.08. The molecule has 5 heteroatoms. The van der Waals surface area contributed by atoms with Gasteiger partial charge >= 0.3 is 0 Å². The average Bonchev–Trinajstić information content (AvgIpc) is 2.61. The van der Waals surface area contributed by atoms with Gasteiger partial charge in [-0.05, 0) is 25.1 Å². The maximum Gasteiger partial charge on any atom is 0.225 e. The van der Waals surface area contributed by atoms with Crippen molar-refractivity contribution in [1.29, 1.82) is 0 Å². The largest absolute Gasteiger partial charge is 0.497 e. The molecule has 16 heavy (non-hydrogen) atoms. The number of halogens is 1. The van der Waals surface area contributed by atoms with Crippen LogP contribution in [0.2, 0.25) is 0 Å². The minimum Gasteiger partial charge on any atom is -0.497 e. The lowest BCUT2D eigenvalue weighted by Gasteiger charge is -2.05. The Hall–Kier alpha value is -1.49. The van der Waals surface area contributed by atoms with Crippen LogP contribution in [0, 0.1) is 6.92 Å². The van der Waals surface area contributed by atoms with E-state index in [0.29, 0.717) is 5.88 Å². The first-order valence-corrected chi connectivity index (χ1v) is 5.48. The molecule has 0 amide bonds. The van der Waals surface area contributed by atoms with Gasteiger partial charge in [-0.3, -0.25) is 0 Å². The summed E-state index contributed by atoms with van der Waals surface area (Å²) in [5.74, 6) is 1.10. The van der Waals surface area contributed by atoms with Gasteiger partial charge in [0.25, 0.3) is 0 Å². The van der Waals surface area contributed by atoms with E-state index in [1.807, 2.05) is 25.1 Å². The van der Waals surface area contributed by atoms with Crippen molar-refractivity contribution in [2.24, 2.45) is 0 Å². The maximum atomic E-state index is 5.62. The molecule has 0 aliphatic heterocycles. The maximum absolute atomic E-state index is 5.62. The molecule has 4 nitrogen and oxygen atoms in total. The van der Waals surface area contributed by atoms with Crippen LogP contribution < -0.4 is 10.5 Å². The molecule has 0 saturated carbocycles. The Kier molecular flexibility index (Phi) is 2.87.